The molecule has 1 atom stereocenters. The lowest BCUT2D eigenvalue weighted by Gasteiger charge is -2.12. The molecule has 1 heterocycles. The van der Waals surface area contributed by atoms with Crippen molar-refractivity contribution in [2.75, 3.05) is 0 Å². The number of H-pyrrole nitrogens is 1. The van der Waals surface area contributed by atoms with Gasteiger partial charge in [0.2, 0.25) is 0 Å². The minimum absolute atomic E-state index is 0.260. The van der Waals surface area contributed by atoms with Gasteiger partial charge >= 0.3 is 0 Å². The molecule has 0 saturated carbocycles. The summed E-state index contributed by atoms with van der Waals surface area (Å²) in [6.07, 6.45) is 1.90. The van der Waals surface area contributed by atoms with Gasteiger partial charge in [-0.1, -0.05) is 17.3 Å². The Bertz CT molecular complexity index is 511. The van der Waals surface area contributed by atoms with E-state index in [1.165, 1.54) is 5.56 Å². The van der Waals surface area contributed by atoms with Crippen LogP contribution in [0.2, 0.25) is 0 Å². The predicted octanol–water partition coefficient (Wildman–Crippen LogP) is 0.682. The second-order valence-corrected chi connectivity index (χ2v) is 4.15. The van der Waals surface area contributed by atoms with E-state index < -0.39 is 0 Å². The van der Waals surface area contributed by atoms with Crippen molar-refractivity contribution in [3.8, 4) is 5.75 Å². The van der Waals surface area contributed by atoms with E-state index >= 15 is 0 Å². The Morgan fingerprint density at radius 2 is 2.41 bits per heavy atom. The monoisotopic (exact) mass is 231 g/mol. The lowest BCUT2D eigenvalue weighted by Crippen LogP contribution is -2.19. The fourth-order valence-corrected chi connectivity index (χ4v) is 2.32. The fraction of sp³-hybridized carbons (Fsp3) is 0.364. The molecule has 0 saturated heterocycles. The summed E-state index contributed by atoms with van der Waals surface area (Å²) < 4.78 is 0. The molecule has 17 heavy (non-hydrogen) atoms. The highest BCUT2D eigenvalue weighted by Gasteiger charge is 2.24. The number of phenols is 1. The van der Waals surface area contributed by atoms with Crippen LogP contribution in [0.1, 0.15) is 29.4 Å². The van der Waals surface area contributed by atoms with Gasteiger partial charge in [0, 0.05) is 6.04 Å². The predicted molar refractivity (Wildman–Crippen MR) is 60.2 cm³/mol. The Kier molecular flexibility index (Phi) is 2.49. The Balaban J connectivity index is 1.73. The van der Waals surface area contributed by atoms with E-state index in [1.54, 1.807) is 6.07 Å². The third kappa shape index (κ3) is 1.87. The second kappa shape index (κ2) is 4.14. The average Bonchev–Trinajstić information content (AvgIpc) is 2.95. The van der Waals surface area contributed by atoms with Gasteiger partial charge < -0.3 is 10.4 Å². The van der Waals surface area contributed by atoms with E-state index in [0.717, 1.165) is 18.4 Å². The Labute approximate surface area is 98.1 Å². The number of aromatic amines is 1. The van der Waals surface area contributed by atoms with Crippen molar-refractivity contribution in [2.24, 2.45) is 0 Å². The molecule has 0 amide bonds. The van der Waals surface area contributed by atoms with E-state index in [2.05, 4.69) is 32.0 Å². The fourth-order valence-electron chi connectivity index (χ4n) is 2.32. The summed E-state index contributed by atoms with van der Waals surface area (Å²) >= 11 is 0. The first-order valence-corrected chi connectivity index (χ1v) is 5.61. The van der Waals surface area contributed by atoms with Crippen LogP contribution in [0, 0.1) is 0 Å². The van der Waals surface area contributed by atoms with Crippen molar-refractivity contribution in [1.29, 1.82) is 0 Å². The number of aromatic hydroxyl groups is 1. The SMILES string of the molecule is Oc1cccc2c1CCC2NCc1nn[nH]n1. The third-order valence-electron chi connectivity index (χ3n) is 3.14. The van der Waals surface area contributed by atoms with Crippen LogP contribution < -0.4 is 5.32 Å². The number of fused-ring (bicyclic) bond motifs is 1. The van der Waals surface area contributed by atoms with Gasteiger partial charge in [-0.05, 0) is 30.0 Å². The van der Waals surface area contributed by atoms with Crippen LogP contribution in [0.25, 0.3) is 0 Å². The first-order chi connectivity index (χ1) is 8.34. The lowest BCUT2D eigenvalue weighted by molar-refractivity contribution is 0.469. The molecule has 0 spiro atoms. The van der Waals surface area contributed by atoms with Crippen LogP contribution in [0.15, 0.2) is 18.2 Å². The molecule has 1 aromatic carbocycles. The summed E-state index contributed by atoms with van der Waals surface area (Å²) in [6, 6.07) is 5.93. The van der Waals surface area contributed by atoms with E-state index in [-0.39, 0.29) is 6.04 Å². The highest BCUT2D eigenvalue weighted by molar-refractivity contribution is 5.44. The smallest absolute Gasteiger partial charge is 0.188 e. The molecule has 3 N–H and O–H groups in total. The van der Waals surface area contributed by atoms with Crippen molar-refractivity contribution >= 4 is 0 Å². The number of nitrogens with one attached hydrogen (secondary N) is 2. The standard InChI is InChI=1S/C11H13N5O/c17-10-3-1-2-7-8(10)4-5-9(7)12-6-11-13-15-16-14-11/h1-3,9,12,17H,4-6H2,(H,13,14,15,16). The third-order valence-corrected chi connectivity index (χ3v) is 3.14. The molecule has 0 bridgehead atoms. The van der Waals surface area contributed by atoms with Gasteiger partial charge in [-0.15, -0.1) is 10.2 Å². The van der Waals surface area contributed by atoms with Crippen LogP contribution in [-0.2, 0) is 13.0 Å². The van der Waals surface area contributed by atoms with Gasteiger partial charge in [0.25, 0.3) is 0 Å². The van der Waals surface area contributed by atoms with Crippen molar-refractivity contribution in [3.63, 3.8) is 0 Å². The molecule has 3 rings (SSSR count). The molecule has 2 aromatic rings. The number of aromatic nitrogens is 4. The summed E-state index contributed by atoms with van der Waals surface area (Å²) in [5.41, 5.74) is 2.23. The molecule has 88 valence electrons. The molecule has 6 heteroatoms. The first kappa shape index (κ1) is 10.2. The van der Waals surface area contributed by atoms with E-state index in [4.69, 9.17) is 0 Å². The van der Waals surface area contributed by atoms with Gasteiger partial charge in [0.1, 0.15) is 5.75 Å². The average molecular weight is 231 g/mol. The van der Waals surface area contributed by atoms with E-state index in [0.29, 0.717) is 18.1 Å². The normalized spacial score (nSPS) is 18.2. The number of hydrogen-bond donors (Lipinski definition) is 3. The minimum Gasteiger partial charge on any atom is -0.508 e. The Morgan fingerprint density at radius 3 is 3.24 bits per heavy atom. The van der Waals surface area contributed by atoms with Crippen molar-refractivity contribution < 1.29 is 5.11 Å². The Hall–Kier alpha value is -1.95. The highest BCUT2D eigenvalue weighted by Crippen LogP contribution is 2.36. The maximum atomic E-state index is 9.73. The van der Waals surface area contributed by atoms with Crippen molar-refractivity contribution in [2.45, 2.75) is 25.4 Å². The minimum atomic E-state index is 0.260. The second-order valence-electron chi connectivity index (χ2n) is 4.15. The molecule has 1 aliphatic rings. The molecule has 0 radical (unpaired) electrons. The molecule has 6 nitrogen and oxygen atoms in total. The number of nitrogens with zero attached hydrogens (tertiary/aromatic N) is 3. The van der Waals surface area contributed by atoms with Crippen LogP contribution in [0.3, 0.4) is 0 Å². The Morgan fingerprint density at radius 1 is 1.47 bits per heavy atom. The van der Waals surface area contributed by atoms with Gasteiger partial charge in [0.05, 0.1) is 6.54 Å². The zero-order valence-corrected chi connectivity index (χ0v) is 9.22. The van der Waals surface area contributed by atoms with Crippen molar-refractivity contribution in [1.82, 2.24) is 25.9 Å². The number of phenolic OH excluding ortho intramolecular Hbond substituents is 1. The summed E-state index contributed by atoms with van der Waals surface area (Å²) in [5, 5.41) is 26.8. The highest BCUT2D eigenvalue weighted by atomic mass is 16.3. The molecular weight excluding hydrogens is 218 g/mol. The number of hydrogen-bond acceptors (Lipinski definition) is 5. The molecule has 1 aliphatic carbocycles. The summed E-state index contributed by atoms with van der Waals surface area (Å²) in [4.78, 5) is 0. The summed E-state index contributed by atoms with van der Waals surface area (Å²) in [7, 11) is 0. The molecule has 0 aliphatic heterocycles. The van der Waals surface area contributed by atoms with Gasteiger partial charge in [-0.3, -0.25) is 0 Å². The topological polar surface area (TPSA) is 86.7 Å². The number of benzene rings is 1. The quantitative estimate of drug-likeness (QED) is 0.723. The lowest BCUT2D eigenvalue weighted by atomic mass is 10.1. The summed E-state index contributed by atoms with van der Waals surface area (Å²) in [6.45, 7) is 0.580. The van der Waals surface area contributed by atoms with Crippen LogP contribution in [-0.4, -0.2) is 25.7 Å². The van der Waals surface area contributed by atoms with E-state index in [1.807, 2.05) is 6.07 Å². The van der Waals surface area contributed by atoms with Crippen molar-refractivity contribution in [3.05, 3.63) is 35.2 Å². The van der Waals surface area contributed by atoms with Crippen LogP contribution >= 0.6 is 0 Å². The molecule has 1 aromatic heterocycles. The van der Waals surface area contributed by atoms with Crippen LogP contribution in [0.5, 0.6) is 5.75 Å². The summed E-state index contributed by atoms with van der Waals surface area (Å²) in [5.74, 6) is 1.05. The van der Waals surface area contributed by atoms with Gasteiger partial charge in [0.15, 0.2) is 5.82 Å². The molecule has 1 unspecified atom stereocenters. The molecule has 0 fully saturated rings. The first-order valence-electron chi connectivity index (χ1n) is 5.61. The van der Waals surface area contributed by atoms with Crippen LogP contribution in [0.4, 0.5) is 0 Å². The zero-order chi connectivity index (χ0) is 11.7. The van der Waals surface area contributed by atoms with Gasteiger partial charge in [-0.25, -0.2) is 0 Å². The maximum Gasteiger partial charge on any atom is 0.188 e. The zero-order valence-electron chi connectivity index (χ0n) is 9.22. The van der Waals surface area contributed by atoms with E-state index in [9.17, 15) is 5.11 Å². The molecular formula is C11H13N5O. The number of rotatable bonds is 3. The maximum absolute atomic E-state index is 9.73. The number of tetrazole rings is 1. The largest absolute Gasteiger partial charge is 0.508 e. The van der Waals surface area contributed by atoms with Gasteiger partial charge in [-0.2, -0.15) is 5.21 Å².